The zero-order valence-corrected chi connectivity index (χ0v) is 17.1. The van der Waals surface area contributed by atoms with Crippen LogP contribution >= 0.6 is 12.2 Å². The van der Waals surface area contributed by atoms with E-state index in [0.29, 0.717) is 22.7 Å². The maximum atomic E-state index is 12.3. The lowest BCUT2D eigenvalue weighted by Crippen LogP contribution is -2.52. The average Bonchev–Trinajstić information content (AvgIpc) is 2.74. The second kappa shape index (κ2) is 9.19. The monoisotopic (exact) mass is 425 g/mol. The molecule has 0 bridgehead atoms. The Morgan fingerprint density at radius 2 is 1.90 bits per heavy atom. The van der Waals surface area contributed by atoms with Crippen LogP contribution in [0.5, 0.6) is 11.5 Å². The van der Waals surface area contributed by atoms with Gasteiger partial charge in [0.2, 0.25) is 0 Å². The van der Waals surface area contributed by atoms with Crippen molar-refractivity contribution in [1.82, 2.24) is 10.2 Å². The van der Waals surface area contributed by atoms with Crippen molar-refractivity contribution in [1.29, 1.82) is 0 Å². The summed E-state index contributed by atoms with van der Waals surface area (Å²) in [4.78, 5) is 37.7. The third kappa shape index (κ3) is 4.81. The molecule has 0 saturated carbocycles. The van der Waals surface area contributed by atoms with Crippen molar-refractivity contribution in [3.05, 3.63) is 59.7 Å². The van der Waals surface area contributed by atoms with E-state index >= 15 is 0 Å². The van der Waals surface area contributed by atoms with Gasteiger partial charge >= 0.3 is 0 Å². The van der Waals surface area contributed by atoms with Crippen LogP contribution in [0.15, 0.2) is 54.1 Å². The van der Waals surface area contributed by atoms with E-state index in [2.05, 4.69) is 10.6 Å². The Labute approximate surface area is 178 Å². The molecule has 8 nitrogen and oxygen atoms in total. The van der Waals surface area contributed by atoms with Gasteiger partial charge in [0.25, 0.3) is 17.7 Å². The van der Waals surface area contributed by atoms with Gasteiger partial charge in [0, 0.05) is 12.7 Å². The van der Waals surface area contributed by atoms with Crippen molar-refractivity contribution in [3.8, 4) is 11.5 Å². The predicted octanol–water partition coefficient (Wildman–Crippen LogP) is 1.97. The molecule has 1 aliphatic heterocycles. The molecule has 0 atom stereocenters. The number of para-hydroxylation sites is 1. The van der Waals surface area contributed by atoms with Crippen LogP contribution in [0.1, 0.15) is 5.56 Å². The van der Waals surface area contributed by atoms with E-state index in [1.54, 1.807) is 30.3 Å². The van der Waals surface area contributed by atoms with Crippen LogP contribution in [0.2, 0.25) is 0 Å². The fraction of sp³-hybridized carbons (Fsp3) is 0.143. The van der Waals surface area contributed by atoms with Crippen LogP contribution in [0.4, 0.5) is 5.69 Å². The predicted molar refractivity (Wildman–Crippen MR) is 115 cm³/mol. The fourth-order valence-electron chi connectivity index (χ4n) is 2.67. The quantitative estimate of drug-likeness (QED) is 0.417. The van der Waals surface area contributed by atoms with Gasteiger partial charge in [-0.05, 0) is 48.1 Å². The molecular formula is C21H19N3O5S. The lowest BCUT2D eigenvalue weighted by atomic mass is 10.1. The Morgan fingerprint density at radius 3 is 2.60 bits per heavy atom. The lowest BCUT2D eigenvalue weighted by molar-refractivity contribution is -0.128. The number of carbonyl (C=O) groups excluding carboxylic acids is 3. The number of nitrogens with one attached hydrogen (secondary N) is 2. The van der Waals surface area contributed by atoms with Crippen molar-refractivity contribution in [2.45, 2.75) is 0 Å². The summed E-state index contributed by atoms with van der Waals surface area (Å²) < 4.78 is 10.9. The molecule has 0 aromatic heterocycles. The molecule has 2 aromatic carbocycles. The first kappa shape index (κ1) is 21.0. The van der Waals surface area contributed by atoms with Crippen LogP contribution in [0.25, 0.3) is 6.08 Å². The molecule has 1 aliphatic rings. The highest BCUT2D eigenvalue weighted by Gasteiger charge is 2.30. The van der Waals surface area contributed by atoms with Gasteiger partial charge in [-0.2, -0.15) is 0 Å². The Balaban J connectivity index is 1.72. The number of hydrogen-bond donors (Lipinski definition) is 2. The molecule has 2 aromatic rings. The van der Waals surface area contributed by atoms with Gasteiger partial charge in [-0.1, -0.05) is 24.3 Å². The topological polar surface area (TPSA) is 97.0 Å². The van der Waals surface area contributed by atoms with Crippen LogP contribution in [-0.4, -0.2) is 48.5 Å². The summed E-state index contributed by atoms with van der Waals surface area (Å²) in [6, 6.07) is 13.9. The Hall–Kier alpha value is -3.72. The molecule has 1 heterocycles. The number of likely N-dealkylation sites (N-methyl/N-ethyl adjacent to an activating group) is 1. The van der Waals surface area contributed by atoms with Gasteiger partial charge in [0.05, 0.1) is 7.11 Å². The Bertz CT molecular complexity index is 1040. The molecule has 1 saturated heterocycles. The minimum absolute atomic E-state index is 0.0518. The number of hydrogen-bond acceptors (Lipinski definition) is 6. The number of carbonyl (C=O) groups is 3. The fourth-order valence-corrected chi connectivity index (χ4v) is 2.84. The van der Waals surface area contributed by atoms with Crippen LogP contribution in [0, 0.1) is 0 Å². The molecular weight excluding hydrogens is 406 g/mol. The highest BCUT2D eigenvalue weighted by atomic mass is 32.1. The molecule has 0 aliphatic carbocycles. The molecule has 3 amide bonds. The first-order valence-corrected chi connectivity index (χ1v) is 9.30. The zero-order valence-electron chi connectivity index (χ0n) is 16.3. The van der Waals surface area contributed by atoms with Crippen LogP contribution in [0.3, 0.4) is 0 Å². The van der Waals surface area contributed by atoms with E-state index in [1.807, 2.05) is 18.2 Å². The Morgan fingerprint density at radius 1 is 1.17 bits per heavy atom. The number of methoxy groups -OCH3 is 1. The smallest absolute Gasteiger partial charge is 0.265 e. The van der Waals surface area contributed by atoms with Crippen LogP contribution < -0.4 is 20.1 Å². The standard InChI is InChI=1S/C21H19N3O5S/c1-24-20(27)15(19(26)23-21(24)30)10-13-8-9-16(17(11-13)28-2)29-12-18(25)22-14-6-4-3-5-7-14/h3-11H,12H2,1-2H3,(H,22,25)(H,23,26,30)/b15-10+. The molecule has 2 N–H and O–H groups in total. The summed E-state index contributed by atoms with van der Waals surface area (Å²) >= 11 is 4.92. The van der Waals surface area contributed by atoms with E-state index in [9.17, 15) is 14.4 Å². The number of ether oxygens (including phenoxy) is 2. The average molecular weight is 425 g/mol. The highest BCUT2D eigenvalue weighted by molar-refractivity contribution is 7.80. The first-order chi connectivity index (χ1) is 14.4. The zero-order chi connectivity index (χ0) is 21.7. The third-order valence-corrected chi connectivity index (χ3v) is 4.60. The molecule has 0 unspecified atom stereocenters. The van der Waals surface area contributed by atoms with Crippen molar-refractivity contribution < 1.29 is 23.9 Å². The van der Waals surface area contributed by atoms with E-state index in [1.165, 1.54) is 25.1 Å². The van der Waals surface area contributed by atoms with E-state index in [4.69, 9.17) is 21.7 Å². The van der Waals surface area contributed by atoms with E-state index in [-0.39, 0.29) is 23.2 Å². The molecule has 1 fully saturated rings. The minimum atomic E-state index is -0.569. The van der Waals surface area contributed by atoms with Crippen LogP contribution in [-0.2, 0) is 14.4 Å². The molecule has 0 radical (unpaired) electrons. The normalized spacial score (nSPS) is 15.1. The Kier molecular flexibility index (Phi) is 6.43. The van der Waals surface area contributed by atoms with Crippen molar-refractivity contribution in [2.24, 2.45) is 0 Å². The highest BCUT2D eigenvalue weighted by Crippen LogP contribution is 2.29. The third-order valence-electron chi connectivity index (χ3n) is 4.22. The molecule has 0 spiro atoms. The number of benzene rings is 2. The maximum Gasteiger partial charge on any atom is 0.265 e. The number of thiocarbonyl (C=S) groups is 1. The maximum absolute atomic E-state index is 12.3. The minimum Gasteiger partial charge on any atom is -0.493 e. The number of amides is 3. The summed E-state index contributed by atoms with van der Waals surface area (Å²) in [7, 11) is 2.93. The second-order valence-corrected chi connectivity index (χ2v) is 6.68. The van der Waals surface area contributed by atoms with Gasteiger partial charge in [-0.25, -0.2) is 0 Å². The summed E-state index contributed by atoms with van der Waals surface area (Å²) in [6.45, 7) is -0.213. The SMILES string of the molecule is COc1cc(/C=C2\C(=O)NC(=S)N(C)C2=O)ccc1OCC(=O)Nc1ccccc1. The summed E-state index contributed by atoms with van der Waals surface area (Å²) in [5.74, 6) is -0.691. The summed E-state index contributed by atoms with van der Waals surface area (Å²) in [5, 5.41) is 5.23. The van der Waals surface area contributed by atoms with Gasteiger partial charge in [0.1, 0.15) is 5.57 Å². The van der Waals surface area contributed by atoms with E-state index in [0.717, 1.165) is 0 Å². The second-order valence-electron chi connectivity index (χ2n) is 6.29. The van der Waals surface area contributed by atoms with Gasteiger partial charge in [0.15, 0.2) is 23.2 Å². The lowest BCUT2D eigenvalue weighted by Gasteiger charge is -2.25. The van der Waals surface area contributed by atoms with Crippen molar-refractivity contribution >= 4 is 46.8 Å². The molecule has 154 valence electrons. The van der Waals surface area contributed by atoms with Crippen molar-refractivity contribution in [2.75, 3.05) is 26.1 Å². The summed E-state index contributed by atoms with van der Waals surface area (Å²) in [5.41, 5.74) is 1.16. The van der Waals surface area contributed by atoms with E-state index < -0.39 is 11.8 Å². The van der Waals surface area contributed by atoms with Gasteiger partial charge < -0.3 is 14.8 Å². The molecule has 9 heteroatoms. The first-order valence-electron chi connectivity index (χ1n) is 8.90. The van der Waals surface area contributed by atoms with Gasteiger partial charge in [-0.15, -0.1) is 0 Å². The van der Waals surface area contributed by atoms with Gasteiger partial charge in [-0.3, -0.25) is 24.6 Å². The number of anilines is 1. The number of nitrogens with zero attached hydrogens (tertiary/aromatic N) is 1. The van der Waals surface area contributed by atoms with Crippen molar-refractivity contribution in [3.63, 3.8) is 0 Å². The molecule has 3 rings (SSSR count). The largest absolute Gasteiger partial charge is 0.493 e. The number of rotatable bonds is 6. The summed E-state index contributed by atoms with van der Waals surface area (Å²) in [6.07, 6.45) is 1.43. The molecule has 30 heavy (non-hydrogen) atoms.